The number of piperidine rings is 1. The largest absolute Gasteiger partial charge is 0.439 e. The third kappa shape index (κ3) is 4.52. The minimum Gasteiger partial charge on any atom is -0.439 e. The summed E-state index contributed by atoms with van der Waals surface area (Å²) in [6.45, 7) is 5.37. The number of para-hydroxylation sites is 1. The molecule has 3 rings (SSSR count). The first-order valence-electron chi connectivity index (χ1n) is 8.99. The number of ether oxygens (including phenoxy) is 1. The van der Waals surface area contributed by atoms with E-state index in [1.165, 1.54) is 0 Å². The topological polar surface area (TPSA) is 55.3 Å². The van der Waals surface area contributed by atoms with Gasteiger partial charge in [-0.2, -0.15) is 4.98 Å². The van der Waals surface area contributed by atoms with Crippen LogP contribution in [0.3, 0.4) is 0 Å². The third-order valence-corrected chi connectivity index (χ3v) is 4.79. The molecule has 1 aliphatic heterocycles. The van der Waals surface area contributed by atoms with E-state index in [0.717, 1.165) is 42.2 Å². The minimum atomic E-state index is 0.105. The fourth-order valence-corrected chi connectivity index (χ4v) is 3.40. The van der Waals surface area contributed by atoms with Crippen LogP contribution in [0.4, 0.5) is 0 Å². The molecule has 0 saturated carbocycles. The van der Waals surface area contributed by atoms with Crippen LogP contribution in [0.1, 0.15) is 42.3 Å². The number of carbonyl (C=O) groups is 1. The molecular weight excluding hydrogens is 350 g/mol. The summed E-state index contributed by atoms with van der Waals surface area (Å²) < 4.78 is 5.99. The number of benzene rings is 1. The predicted molar refractivity (Wildman–Crippen MR) is 102 cm³/mol. The number of nitrogens with zero attached hydrogens (tertiary/aromatic N) is 3. The molecule has 1 aromatic carbocycles. The van der Waals surface area contributed by atoms with Gasteiger partial charge in [0.2, 0.25) is 11.8 Å². The number of halogens is 1. The lowest BCUT2D eigenvalue weighted by atomic mass is 9.97. The molecular formula is C20H24ClN3O2. The second-order valence-corrected chi connectivity index (χ2v) is 7.07. The molecule has 1 fully saturated rings. The first kappa shape index (κ1) is 18.6. The molecule has 0 aliphatic carbocycles. The van der Waals surface area contributed by atoms with Crippen molar-refractivity contribution in [2.45, 2.75) is 39.0 Å². The van der Waals surface area contributed by atoms with Gasteiger partial charge in [-0.15, -0.1) is 11.6 Å². The molecule has 6 heteroatoms. The highest BCUT2D eigenvalue weighted by Gasteiger charge is 2.26. The molecule has 0 bridgehead atoms. The maximum Gasteiger partial charge on any atom is 0.223 e. The quantitative estimate of drug-likeness (QED) is 0.736. The van der Waals surface area contributed by atoms with E-state index in [1.807, 2.05) is 49.1 Å². The summed E-state index contributed by atoms with van der Waals surface area (Å²) in [5.41, 5.74) is 1.92. The van der Waals surface area contributed by atoms with Gasteiger partial charge < -0.3 is 9.64 Å². The van der Waals surface area contributed by atoms with Gasteiger partial charge >= 0.3 is 0 Å². The van der Waals surface area contributed by atoms with Crippen molar-refractivity contribution in [2.24, 2.45) is 0 Å². The second-order valence-electron chi connectivity index (χ2n) is 6.69. The van der Waals surface area contributed by atoms with Crippen molar-refractivity contribution in [3.8, 4) is 11.6 Å². The van der Waals surface area contributed by atoms with Gasteiger partial charge in [0.05, 0.1) is 0 Å². The lowest BCUT2D eigenvalue weighted by molar-refractivity contribution is -0.132. The SMILES string of the molecule is Cc1cc(Oc2ccccc2C)nc(C2CCCN(C(=O)CCCl)C2)n1. The fraction of sp³-hybridized carbons (Fsp3) is 0.450. The number of amides is 1. The molecule has 0 spiro atoms. The van der Waals surface area contributed by atoms with Crippen molar-refractivity contribution in [1.82, 2.24) is 14.9 Å². The number of carbonyl (C=O) groups excluding carboxylic acids is 1. The highest BCUT2D eigenvalue weighted by atomic mass is 35.5. The van der Waals surface area contributed by atoms with Crippen molar-refractivity contribution >= 4 is 17.5 Å². The molecule has 26 heavy (non-hydrogen) atoms. The monoisotopic (exact) mass is 373 g/mol. The standard InChI is InChI=1S/C20H24ClN3O2/c1-14-6-3-4-8-17(14)26-18-12-15(2)22-20(23-18)16-7-5-11-24(13-16)19(25)9-10-21/h3-4,6,8,12,16H,5,7,9-11,13H2,1-2H3. The van der Waals surface area contributed by atoms with E-state index >= 15 is 0 Å². The minimum absolute atomic E-state index is 0.105. The van der Waals surface area contributed by atoms with Gasteiger partial charge in [-0.25, -0.2) is 4.98 Å². The molecule has 2 heterocycles. The van der Waals surface area contributed by atoms with Crippen molar-refractivity contribution < 1.29 is 9.53 Å². The van der Waals surface area contributed by atoms with Crippen molar-refractivity contribution in [3.63, 3.8) is 0 Å². The van der Waals surface area contributed by atoms with Crippen molar-refractivity contribution in [2.75, 3.05) is 19.0 Å². The number of rotatable bonds is 5. The van der Waals surface area contributed by atoms with E-state index in [9.17, 15) is 4.79 Å². The Morgan fingerprint density at radius 1 is 1.31 bits per heavy atom. The molecule has 0 N–H and O–H groups in total. The molecule has 1 atom stereocenters. The molecule has 5 nitrogen and oxygen atoms in total. The number of aromatic nitrogens is 2. The molecule has 0 radical (unpaired) electrons. The van der Waals surface area contributed by atoms with Gasteiger partial charge in [0.15, 0.2) is 0 Å². The average molecular weight is 374 g/mol. The molecule has 1 aliphatic rings. The number of alkyl halides is 1. The first-order valence-corrected chi connectivity index (χ1v) is 9.53. The van der Waals surface area contributed by atoms with Gasteiger partial charge in [-0.05, 0) is 38.3 Å². The molecule has 1 unspecified atom stereocenters. The van der Waals surface area contributed by atoms with Crippen LogP contribution in [0, 0.1) is 13.8 Å². The zero-order valence-corrected chi connectivity index (χ0v) is 16.0. The van der Waals surface area contributed by atoms with Gasteiger partial charge in [0.25, 0.3) is 0 Å². The van der Waals surface area contributed by atoms with Crippen LogP contribution < -0.4 is 4.74 Å². The van der Waals surface area contributed by atoms with Crippen molar-refractivity contribution in [3.05, 3.63) is 47.4 Å². The van der Waals surface area contributed by atoms with Crippen LogP contribution in [0.25, 0.3) is 0 Å². The summed E-state index contributed by atoms with van der Waals surface area (Å²) in [6.07, 6.45) is 2.30. The number of likely N-dealkylation sites (tertiary alicyclic amines) is 1. The van der Waals surface area contributed by atoms with Crippen molar-refractivity contribution in [1.29, 1.82) is 0 Å². The van der Waals surface area contributed by atoms with Crippen LogP contribution in [-0.4, -0.2) is 39.7 Å². The maximum absolute atomic E-state index is 12.2. The Morgan fingerprint density at radius 3 is 2.88 bits per heavy atom. The maximum atomic E-state index is 12.2. The second kappa shape index (κ2) is 8.49. The van der Waals surface area contributed by atoms with Crippen LogP contribution in [0.2, 0.25) is 0 Å². The number of hydrogen-bond acceptors (Lipinski definition) is 4. The van der Waals surface area contributed by atoms with Crippen LogP contribution in [0.5, 0.6) is 11.6 Å². The van der Waals surface area contributed by atoms with E-state index in [0.29, 0.717) is 24.7 Å². The van der Waals surface area contributed by atoms with E-state index in [2.05, 4.69) is 9.97 Å². The molecule has 1 saturated heterocycles. The van der Waals surface area contributed by atoms with Gasteiger partial charge in [-0.1, -0.05) is 18.2 Å². The average Bonchev–Trinajstić information content (AvgIpc) is 2.63. The zero-order valence-electron chi connectivity index (χ0n) is 15.2. The Labute approximate surface area is 159 Å². The summed E-state index contributed by atoms with van der Waals surface area (Å²) in [5.74, 6) is 2.67. The normalized spacial score (nSPS) is 17.2. The summed E-state index contributed by atoms with van der Waals surface area (Å²) in [4.78, 5) is 23.3. The highest BCUT2D eigenvalue weighted by molar-refractivity contribution is 6.18. The zero-order chi connectivity index (χ0) is 18.5. The molecule has 2 aromatic rings. The Hall–Kier alpha value is -2.14. The highest BCUT2D eigenvalue weighted by Crippen LogP contribution is 2.28. The van der Waals surface area contributed by atoms with Gasteiger partial charge in [0.1, 0.15) is 11.6 Å². The Bertz CT molecular complexity index is 781. The number of hydrogen-bond donors (Lipinski definition) is 0. The summed E-state index contributed by atoms with van der Waals surface area (Å²) >= 11 is 5.71. The smallest absolute Gasteiger partial charge is 0.223 e. The first-order chi connectivity index (χ1) is 12.6. The van der Waals surface area contributed by atoms with E-state index in [4.69, 9.17) is 16.3 Å². The lowest BCUT2D eigenvalue weighted by Gasteiger charge is -2.32. The van der Waals surface area contributed by atoms with Crippen LogP contribution in [-0.2, 0) is 4.79 Å². The van der Waals surface area contributed by atoms with Crippen LogP contribution >= 0.6 is 11.6 Å². The van der Waals surface area contributed by atoms with E-state index in [1.54, 1.807) is 0 Å². The van der Waals surface area contributed by atoms with Gasteiger partial charge in [-0.3, -0.25) is 4.79 Å². The Balaban J connectivity index is 1.79. The molecule has 1 aromatic heterocycles. The molecule has 138 valence electrons. The third-order valence-electron chi connectivity index (χ3n) is 4.60. The fourth-order valence-electron chi connectivity index (χ4n) is 3.23. The van der Waals surface area contributed by atoms with E-state index in [-0.39, 0.29) is 11.8 Å². The van der Waals surface area contributed by atoms with E-state index < -0.39 is 0 Å². The number of aryl methyl sites for hydroxylation is 2. The predicted octanol–water partition coefficient (Wildman–Crippen LogP) is 4.22. The Morgan fingerprint density at radius 2 is 2.12 bits per heavy atom. The molecule has 1 amide bonds. The summed E-state index contributed by atoms with van der Waals surface area (Å²) in [5, 5.41) is 0. The van der Waals surface area contributed by atoms with Crippen LogP contribution in [0.15, 0.2) is 30.3 Å². The Kier molecular flexibility index (Phi) is 6.09. The summed E-state index contributed by atoms with van der Waals surface area (Å²) in [6, 6.07) is 9.70. The van der Waals surface area contributed by atoms with Gasteiger partial charge in [0, 0.05) is 43.1 Å². The lowest BCUT2D eigenvalue weighted by Crippen LogP contribution is -2.39. The summed E-state index contributed by atoms with van der Waals surface area (Å²) in [7, 11) is 0.